The van der Waals surface area contributed by atoms with Gasteiger partial charge in [0.15, 0.2) is 0 Å². The van der Waals surface area contributed by atoms with Gasteiger partial charge in [-0.2, -0.15) is 0 Å². The van der Waals surface area contributed by atoms with Gasteiger partial charge in [-0.15, -0.1) is 0 Å². The van der Waals surface area contributed by atoms with Gasteiger partial charge in [-0.3, -0.25) is 0 Å². The molecule has 0 radical (unpaired) electrons. The summed E-state index contributed by atoms with van der Waals surface area (Å²) in [6.45, 7) is 2.03. The Morgan fingerprint density at radius 1 is 1.35 bits per heavy atom. The molecule has 90 valence electrons. The lowest BCUT2D eigenvalue weighted by Crippen LogP contribution is -2.06. The third-order valence-corrected chi connectivity index (χ3v) is 3.55. The van der Waals surface area contributed by atoms with Gasteiger partial charge in [-0.1, -0.05) is 34.5 Å². The quantitative estimate of drug-likeness (QED) is 0.886. The maximum absolute atomic E-state index is 5.98. The predicted octanol–water partition coefficient (Wildman–Crippen LogP) is 4.77. The molecule has 0 aliphatic rings. The van der Waals surface area contributed by atoms with E-state index in [1.165, 1.54) is 0 Å². The van der Waals surface area contributed by atoms with Crippen LogP contribution in [0.1, 0.15) is 25.1 Å². The average molecular weight is 315 g/mol. The van der Waals surface area contributed by atoms with Crippen LogP contribution in [0, 0.1) is 0 Å². The number of halogens is 2. The van der Waals surface area contributed by atoms with E-state index < -0.39 is 0 Å². The zero-order valence-electron chi connectivity index (χ0n) is 9.41. The highest BCUT2D eigenvalue weighted by Gasteiger charge is 2.12. The highest BCUT2D eigenvalue weighted by atomic mass is 79.9. The van der Waals surface area contributed by atoms with E-state index in [1.54, 1.807) is 0 Å². The lowest BCUT2D eigenvalue weighted by Gasteiger charge is -2.05. The van der Waals surface area contributed by atoms with E-state index in [2.05, 4.69) is 15.9 Å². The van der Waals surface area contributed by atoms with Crippen LogP contribution in [0.3, 0.4) is 0 Å². The maximum Gasteiger partial charge on any atom is 0.135 e. The Morgan fingerprint density at radius 3 is 2.82 bits per heavy atom. The molecule has 4 heteroatoms. The Morgan fingerprint density at radius 2 is 2.12 bits per heavy atom. The number of hydrogen-bond acceptors (Lipinski definition) is 2. The first-order chi connectivity index (χ1) is 8.11. The molecule has 17 heavy (non-hydrogen) atoms. The highest BCUT2D eigenvalue weighted by Crippen LogP contribution is 2.33. The molecule has 0 saturated carbocycles. The minimum Gasteiger partial charge on any atom is -0.459 e. The number of hydrogen-bond donors (Lipinski definition) is 1. The summed E-state index contributed by atoms with van der Waals surface area (Å²) in [5.74, 6) is 1.58. The zero-order chi connectivity index (χ0) is 12.4. The molecule has 0 aliphatic heterocycles. The molecule has 1 aromatic carbocycles. The van der Waals surface area contributed by atoms with Gasteiger partial charge < -0.3 is 10.2 Å². The topological polar surface area (TPSA) is 39.2 Å². The molecule has 0 aliphatic carbocycles. The lowest BCUT2D eigenvalue weighted by molar-refractivity contribution is 0.470. The summed E-state index contributed by atoms with van der Waals surface area (Å²) < 4.78 is 6.70. The van der Waals surface area contributed by atoms with Crippen molar-refractivity contribution in [3.63, 3.8) is 0 Å². The smallest absolute Gasteiger partial charge is 0.135 e. The van der Waals surface area contributed by atoms with Crippen LogP contribution in [0.5, 0.6) is 0 Å². The van der Waals surface area contributed by atoms with Gasteiger partial charge in [0.2, 0.25) is 0 Å². The molecule has 2 N–H and O–H groups in total. The number of nitrogens with two attached hydrogens (primary N) is 1. The van der Waals surface area contributed by atoms with E-state index in [9.17, 15) is 0 Å². The molecule has 0 saturated heterocycles. The molecule has 0 amide bonds. The zero-order valence-corrected chi connectivity index (χ0v) is 11.8. The normalized spacial score (nSPS) is 12.7. The minimum absolute atomic E-state index is 0.0540. The van der Waals surface area contributed by atoms with Crippen LogP contribution in [0.2, 0.25) is 5.02 Å². The van der Waals surface area contributed by atoms with Crippen molar-refractivity contribution in [3.8, 4) is 11.3 Å². The molecule has 2 rings (SSSR count). The maximum atomic E-state index is 5.98. The fourth-order valence-corrected chi connectivity index (χ4v) is 2.20. The number of benzene rings is 1. The van der Waals surface area contributed by atoms with E-state index in [-0.39, 0.29) is 6.04 Å². The fourth-order valence-electron chi connectivity index (χ4n) is 1.58. The lowest BCUT2D eigenvalue weighted by atomic mass is 10.2. The Hall–Kier alpha value is -0.770. The van der Waals surface area contributed by atoms with Gasteiger partial charge in [0, 0.05) is 15.1 Å². The van der Waals surface area contributed by atoms with Gasteiger partial charge >= 0.3 is 0 Å². The van der Waals surface area contributed by atoms with E-state index in [4.69, 9.17) is 21.8 Å². The van der Waals surface area contributed by atoms with Gasteiger partial charge in [0.1, 0.15) is 11.5 Å². The Labute approximate surface area is 114 Å². The van der Waals surface area contributed by atoms with Crippen molar-refractivity contribution >= 4 is 27.5 Å². The average Bonchev–Trinajstić information content (AvgIpc) is 2.80. The standard InChI is InChI=1S/C13H13BrClNO/c1-2-11(16)13-6-5-12(17-13)9-7-8(15)3-4-10(9)14/h3-7,11H,2,16H2,1H3. The third kappa shape index (κ3) is 2.73. The summed E-state index contributed by atoms with van der Waals surface area (Å²) >= 11 is 9.46. The van der Waals surface area contributed by atoms with Crippen LogP contribution in [-0.2, 0) is 0 Å². The van der Waals surface area contributed by atoms with Crippen molar-refractivity contribution in [1.29, 1.82) is 0 Å². The summed E-state index contributed by atoms with van der Waals surface area (Å²) in [7, 11) is 0. The molecule has 1 heterocycles. The van der Waals surface area contributed by atoms with E-state index in [1.807, 2.05) is 37.3 Å². The van der Waals surface area contributed by atoms with Gasteiger partial charge in [-0.25, -0.2) is 0 Å². The second-order valence-electron chi connectivity index (χ2n) is 3.84. The second kappa shape index (κ2) is 5.25. The van der Waals surface area contributed by atoms with Crippen LogP contribution in [0.15, 0.2) is 39.2 Å². The highest BCUT2D eigenvalue weighted by molar-refractivity contribution is 9.10. The number of furan rings is 1. The van der Waals surface area contributed by atoms with E-state index in [0.29, 0.717) is 5.02 Å². The first kappa shape index (κ1) is 12.7. The first-order valence-corrected chi connectivity index (χ1v) is 6.59. The molecular formula is C13H13BrClNO. The van der Waals surface area contributed by atoms with E-state index >= 15 is 0 Å². The van der Waals surface area contributed by atoms with Gasteiger partial charge in [0.25, 0.3) is 0 Å². The van der Waals surface area contributed by atoms with E-state index in [0.717, 1.165) is 28.0 Å². The summed E-state index contributed by atoms with van der Waals surface area (Å²) in [6.07, 6.45) is 0.851. The van der Waals surface area contributed by atoms with Gasteiger partial charge in [-0.05, 0) is 36.8 Å². The Kier molecular flexibility index (Phi) is 3.92. The summed E-state index contributed by atoms with van der Waals surface area (Å²) in [5, 5.41) is 0.681. The third-order valence-electron chi connectivity index (χ3n) is 2.63. The predicted molar refractivity (Wildman–Crippen MR) is 74.1 cm³/mol. The molecule has 2 aromatic rings. The molecular weight excluding hydrogens is 302 g/mol. The van der Waals surface area contributed by atoms with Crippen LogP contribution in [-0.4, -0.2) is 0 Å². The summed E-state index contributed by atoms with van der Waals surface area (Å²) in [5.41, 5.74) is 6.86. The molecule has 1 aromatic heterocycles. The molecule has 0 spiro atoms. The van der Waals surface area contributed by atoms with Gasteiger partial charge in [0.05, 0.1) is 6.04 Å². The molecule has 0 bridgehead atoms. The van der Waals surface area contributed by atoms with Crippen molar-refractivity contribution in [1.82, 2.24) is 0 Å². The largest absolute Gasteiger partial charge is 0.459 e. The summed E-state index contributed by atoms with van der Waals surface area (Å²) in [4.78, 5) is 0. The summed E-state index contributed by atoms with van der Waals surface area (Å²) in [6, 6.07) is 9.38. The molecule has 1 unspecified atom stereocenters. The van der Waals surface area contributed by atoms with Crippen molar-refractivity contribution in [2.24, 2.45) is 5.73 Å². The molecule has 0 fully saturated rings. The van der Waals surface area contributed by atoms with Crippen molar-refractivity contribution in [3.05, 3.63) is 45.6 Å². The second-order valence-corrected chi connectivity index (χ2v) is 5.13. The number of rotatable bonds is 3. The van der Waals surface area contributed by atoms with Crippen LogP contribution < -0.4 is 5.73 Å². The monoisotopic (exact) mass is 313 g/mol. The van der Waals surface area contributed by atoms with Crippen LogP contribution in [0.25, 0.3) is 11.3 Å². The van der Waals surface area contributed by atoms with Crippen LogP contribution in [0.4, 0.5) is 0 Å². The Bertz CT molecular complexity index is 524. The van der Waals surface area contributed by atoms with Crippen molar-refractivity contribution in [2.75, 3.05) is 0 Å². The fraction of sp³-hybridized carbons (Fsp3) is 0.231. The molecule has 1 atom stereocenters. The van der Waals surface area contributed by atoms with Crippen molar-refractivity contribution < 1.29 is 4.42 Å². The minimum atomic E-state index is -0.0540. The van der Waals surface area contributed by atoms with Crippen molar-refractivity contribution in [2.45, 2.75) is 19.4 Å². The first-order valence-electron chi connectivity index (χ1n) is 5.42. The SMILES string of the molecule is CCC(N)c1ccc(-c2cc(Cl)ccc2Br)o1. The Balaban J connectivity index is 2.40. The molecule has 2 nitrogen and oxygen atoms in total. The van der Waals surface area contributed by atoms with Crippen LogP contribution >= 0.6 is 27.5 Å².